The molecule has 4 rings (SSSR count). The number of fused-ring (bicyclic) bond motifs is 1. The summed E-state index contributed by atoms with van der Waals surface area (Å²) in [7, 11) is 1.56. The average Bonchev–Trinajstić information content (AvgIpc) is 3.64. The molecule has 11 nitrogen and oxygen atoms in total. The Morgan fingerprint density at radius 2 is 1.91 bits per heavy atom. The van der Waals surface area contributed by atoms with Crippen LogP contribution in [0.5, 0.6) is 11.6 Å². The summed E-state index contributed by atoms with van der Waals surface area (Å²) in [5, 5.41) is 2.85. The van der Waals surface area contributed by atoms with Crippen molar-refractivity contribution in [3.05, 3.63) is 36.0 Å². The van der Waals surface area contributed by atoms with E-state index in [1.54, 1.807) is 25.3 Å². The number of halogens is 1. The molecule has 1 saturated heterocycles. The highest BCUT2D eigenvalue weighted by Gasteiger charge is 2.51. The van der Waals surface area contributed by atoms with Crippen LogP contribution < -0.4 is 14.8 Å². The molecule has 1 aliphatic carbocycles. The minimum atomic E-state index is -0.985. The average molecular weight is 659 g/mol. The Morgan fingerprint density at radius 1 is 1.17 bits per heavy atom. The summed E-state index contributed by atoms with van der Waals surface area (Å²) in [5.74, 6) is -0.398. The molecule has 2 aromatic rings. The Morgan fingerprint density at radius 3 is 2.57 bits per heavy atom. The smallest absolute Gasteiger partial charge is 0.408 e. The number of likely N-dealkylation sites (tertiary alicyclic amines) is 1. The van der Waals surface area contributed by atoms with E-state index in [2.05, 4.69) is 21.9 Å². The normalized spacial score (nSPS) is 23.2. The minimum absolute atomic E-state index is 0.0346. The van der Waals surface area contributed by atoms with Gasteiger partial charge in [0.2, 0.25) is 5.91 Å². The number of esters is 1. The fourth-order valence-corrected chi connectivity index (χ4v) is 5.82. The van der Waals surface area contributed by atoms with Crippen LogP contribution in [0, 0.1) is 23.2 Å². The number of rotatable bonds is 13. The van der Waals surface area contributed by atoms with E-state index in [1.165, 1.54) is 4.90 Å². The van der Waals surface area contributed by atoms with Crippen LogP contribution in [0.3, 0.4) is 0 Å². The standard InChI is InChI=1S/C34H47ClN4O7/c1-9-10-11-12-21-15-25(21)46-33(42)38-28(34(5,6)7)31(40)39-17-26(20(4)27(39)32(41)44-18-19(2)3)45-30-29(35)36-23-14-13-22(43-8)16-24(23)37-30/h9,13-14,16,19-21,25-28H,1,10-12,15,17-18H2,2-8H3,(H,38,42). The lowest BCUT2D eigenvalue weighted by atomic mass is 9.85. The van der Waals surface area contributed by atoms with Crippen LogP contribution in [0.15, 0.2) is 30.9 Å². The molecule has 2 heterocycles. The van der Waals surface area contributed by atoms with Gasteiger partial charge >= 0.3 is 12.1 Å². The lowest BCUT2D eigenvalue weighted by molar-refractivity contribution is -0.156. The molecule has 1 aromatic carbocycles. The summed E-state index contributed by atoms with van der Waals surface area (Å²) in [6, 6.07) is 3.26. The number of nitrogens with zero attached hydrogens (tertiary/aromatic N) is 3. The number of alkyl carbamates (subject to hydrolysis) is 1. The number of ether oxygens (including phenoxy) is 4. The van der Waals surface area contributed by atoms with E-state index in [1.807, 2.05) is 47.6 Å². The summed E-state index contributed by atoms with van der Waals surface area (Å²) in [5.41, 5.74) is 0.369. The van der Waals surface area contributed by atoms with Crippen molar-refractivity contribution in [3.63, 3.8) is 0 Å². The minimum Gasteiger partial charge on any atom is -0.497 e. The molecular weight excluding hydrogens is 612 g/mol. The van der Waals surface area contributed by atoms with Gasteiger partial charge in [-0.1, -0.05) is 59.2 Å². The molecule has 2 fully saturated rings. The molecule has 6 atom stereocenters. The fraction of sp³-hybridized carbons (Fsp3) is 0.618. The van der Waals surface area contributed by atoms with Gasteiger partial charge in [-0.05, 0) is 55.1 Å². The number of amides is 2. The molecule has 0 radical (unpaired) electrons. The second-order valence-corrected chi connectivity index (χ2v) is 14.1. The Bertz CT molecular complexity index is 1430. The first-order valence-electron chi connectivity index (χ1n) is 16.0. The molecule has 2 amide bonds. The largest absolute Gasteiger partial charge is 0.497 e. The molecule has 46 heavy (non-hydrogen) atoms. The second-order valence-electron chi connectivity index (χ2n) is 13.8. The molecule has 1 saturated carbocycles. The number of hydrogen-bond acceptors (Lipinski definition) is 9. The van der Waals surface area contributed by atoms with Crippen LogP contribution in [0.25, 0.3) is 11.0 Å². The van der Waals surface area contributed by atoms with Gasteiger partial charge in [-0.25, -0.2) is 19.6 Å². The third kappa shape index (κ3) is 8.60. The molecule has 252 valence electrons. The lowest BCUT2D eigenvalue weighted by Gasteiger charge is -2.35. The van der Waals surface area contributed by atoms with Gasteiger partial charge in [0.15, 0.2) is 5.15 Å². The van der Waals surface area contributed by atoms with E-state index in [-0.39, 0.29) is 36.2 Å². The molecule has 1 N–H and O–H groups in total. The monoisotopic (exact) mass is 658 g/mol. The maximum atomic E-state index is 14.3. The van der Waals surface area contributed by atoms with E-state index in [9.17, 15) is 14.4 Å². The number of allylic oxidation sites excluding steroid dienone is 1. The summed E-state index contributed by atoms with van der Waals surface area (Å²) in [4.78, 5) is 51.2. The van der Waals surface area contributed by atoms with E-state index in [0.717, 1.165) is 25.7 Å². The number of nitrogens with one attached hydrogen (secondary N) is 1. The highest BCUT2D eigenvalue weighted by molar-refractivity contribution is 6.31. The molecule has 2 aliphatic rings. The van der Waals surface area contributed by atoms with E-state index < -0.39 is 47.5 Å². The van der Waals surface area contributed by atoms with Gasteiger partial charge in [0.1, 0.15) is 30.0 Å². The van der Waals surface area contributed by atoms with E-state index >= 15 is 0 Å². The summed E-state index contributed by atoms with van der Waals surface area (Å²) < 4.78 is 22.9. The number of benzene rings is 1. The Hall–Kier alpha value is -3.60. The highest BCUT2D eigenvalue weighted by Crippen LogP contribution is 2.39. The zero-order chi connectivity index (χ0) is 33.8. The summed E-state index contributed by atoms with van der Waals surface area (Å²) in [6.07, 6.45) is 4.06. The predicted octanol–water partition coefficient (Wildman–Crippen LogP) is 5.97. The third-order valence-corrected chi connectivity index (χ3v) is 8.66. The molecule has 1 aliphatic heterocycles. The van der Waals surface area contributed by atoms with Crippen molar-refractivity contribution in [3.8, 4) is 11.6 Å². The maximum Gasteiger partial charge on any atom is 0.408 e. The van der Waals surface area contributed by atoms with Gasteiger partial charge in [-0.2, -0.15) is 0 Å². The number of aromatic nitrogens is 2. The van der Waals surface area contributed by atoms with Crippen molar-refractivity contribution >= 4 is 40.6 Å². The van der Waals surface area contributed by atoms with Crippen molar-refractivity contribution in [1.29, 1.82) is 0 Å². The first-order valence-corrected chi connectivity index (χ1v) is 16.3. The lowest BCUT2D eigenvalue weighted by Crippen LogP contribution is -2.57. The quantitative estimate of drug-likeness (QED) is 0.157. The number of unbranched alkanes of at least 4 members (excludes halogenated alkanes) is 1. The molecule has 1 aromatic heterocycles. The Kier molecular flexibility index (Phi) is 11.4. The summed E-state index contributed by atoms with van der Waals surface area (Å²) in [6.45, 7) is 15.2. The van der Waals surface area contributed by atoms with Crippen molar-refractivity contribution in [1.82, 2.24) is 20.2 Å². The number of hydrogen-bond donors (Lipinski definition) is 1. The van der Waals surface area contributed by atoms with Crippen LogP contribution in [0.4, 0.5) is 4.79 Å². The molecule has 6 unspecified atom stereocenters. The second kappa shape index (κ2) is 14.9. The Labute approximate surface area is 276 Å². The first kappa shape index (κ1) is 35.3. The number of methoxy groups -OCH3 is 1. The fourth-order valence-electron chi connectivity index (χ4n) is 5.65. The van der Waals surface area contributed by atoms with E-state index in [0.29, 0.717) is 22.7 Å². The third-order valence-electron chi connectivity index (χ3n) is 8.42. The summed E-state index contributed by atoms with van der Waals surface area (Å²) >= 11 is 6.48. The SMILES string of the molecule is C=CCCCC1CC1OC(=O)NC(C(=O)N1CC(Oc2nc3cc(OC)ccc3nc2Cl)C(C)C1C(=O)OCC(C)C)C(C)(C)C. The van der Waals surface area contributed by atoms with Gasteiger partial charge in [-0.15, -0.1) is 6.58 Å². The van der Waals surface area contributed by atoms with Crippen molar-refractivity contribution in [2.24, 2.45) is 23.2 Å². The van der Waals surface area contributed by atoms with Crippen molar-refractivity contribution < 1.29 is 33.3 Å². The van der Waals surface area contributed by atoms with Crippen molar-refractivity contribution in [2.45, 2.75) is 91.5 Å². The highest BCUT2D eigenvalue weighted by atomic mass is 35.5. The zero-order valence-electron chi connectivity index (χ0n) is 27.9. The molecular formula is C34H47ClN4O7. The van der Waals surface area contributed by atoms with Gasteiger partial charge in [0.25, 0.3) is 5.88 Å². The van der Waals surface area contributed by atoms with Gasteiger partial charge in [-0.3, -0.25) is 4.79 Å². The van der Waals surface area contributed by atoms with Crippen LogP contribution in [-0.4, -0.2) is 77.4 Å². The van der Waals surface area contributed by atoms with Gasteiger partial charge in [0.05, 0.1) is 31.3 Å². The first-order chi connectivity index (χ1) is 21.7. The van der Waals surface area contributed by atoms with Crippen molar-refractivity contribution in [2.75, 3.05) is 20.3 Å². The van der Waals surface area contributed by atoms with Crippen LogP contribution >= 0.6 is 11.6 Å². The number of carbonyl (C=O) groups excluding carboxylic acids is 3. The zero-order valence-corrected chi connectivity index (χ0v) is 28.6. The number of carbonyl (C=O) groups is 3. The molecule has 0 bridgehead atoms. The molecule has 0 spiro atoms. The van der Waals surface area contributed by atoms with E-state index in [4.69, 9.17) is 30.5 Å². The maximum absolute atomic E-state index is 14.3. The van der Waals surface area contributed by atoms with Gasteiger partial charge in [0, 0.05) is 12.0 Å². The van der Waals surface area contributed by atoms with Gasteiger partial charge < -0.3 is 29.2 Å². The van der Waals surface area contributed by atoms with Crippen LogP contribution in [-0.2, 0) is 19.1 Å². The van der Waals surface area contributed by atoms with Crippen LogP contribution in [0.1, 0.15) is 67.2 Å². The van der Waals surface area contributed by atoms with Crippen LogP contribution in [0.2, 0.25) is 5.15 Å². The Balaban J connectivity index is 1.55. The predicted molar refractivity (Wildman–Crippen MR) is 175 cm³/mol. The topological polar surface area (TPSA) is 129 Å². The molecule has 12 heteroatoms.